The first kappa shape index (κ1) is 15.6. The maximum atomic E-state index is 12.7. The molecule has 0 aliphatic carbocycles. The molecule has 0 spiro atoms. The predicted octanol–water partition coefficient (Wildman–Crippen LogP) is 3.71. The molecular formula is C21H16N4O2. The largest absolute Gasteiger partial charge is 0.325 e. The number of benzene rings is 3. The number of nitrogens with one attached hydrogen (secondary N) is 2. The van der Waals surface area contributed by atoms with Gasteiger partial charge in [-0.1, -0.05) is 48.5 Å². The number of amides is 2. The van der Waals surface area contributed by atoms with E-state index >= 15 is 0 Å². The van der Waals surface area contributed by atoms with Crippen molar-refractivity contribution in [3.05, 3.63) is 66.7 Å². The SMILES string of the molecule is O=C(C[C@H]1C(=O)Nc2nc3ccccc3n21)Nc1cccc2ccccc12. The lowest BCUT2D eigenvalue weighted by Crippen LogP contribution is -2.23. The minimum Gasteiger partial charge on any atom is -0.325 e. The Morgan fingerprint density at radius 3 is 2.74 bits per heavy atom. The molecule has 2 N–H and O–H groups in total. The number of hydrogen-bond donors (Lipinski definition) is 2. The number of anilines is 2. The molecule has 0 radical (unpaired) electrons. The van der Waals surface area contributed by atoms with Crippen LogP contribution < -0.4 is 10.6 Å². The second-order valence-electron chi connectivity index (χ2n) is 6.58. The molecule has 2 heterocycles. The maximum Gasteiger partial charge on any atom is 0.250 e. The summed E-state index contributed by atoms with van der Waals surface area (Å²) in [5, 5.41) is 7.74. The Balaban J connectivity index is 1.44. The van der Waals surface area contributed by atoms with Crippen molar-refractivity contribution in [3.8, 4) is 0 Å². The van der Waals surface area contributed by atoms with Crippen molar-refractivity contribution < 1.29 is 9.59 Å². The van der Waals surface area contributed by atoms with E-state index in [1.807, 2.05) is 66.7 Å². The molecule has 0 unspecified atom stereocenters. The van der Waals surface area contributed by atoms with E-state index in [0.717, 1.165) is 27.5 Å². The monoisotopic (exact) mass is 356 g/mol. The summed E-state index contributed by atoms with van der Waals surface area (Å²) in [7, 11) is 0. The fourth-order valence-corrected chi connectivity index (χ4v) is 3.65. The molecule has 6 nitrogen and oxygen atoms in total. The van der Waals surface area contributed by atoms with Crippen LogP contribution in [0.25, 0.3) is 21.8 Å². The fourth-order valence-electron chi connectivity index (χ4n) is 3.65. The van der Waals surface area contributed by atoms with Crippen molar-refractivity contribution >= 4 is 45.3 Å². The normalized spacial score (nSPS) is 15.7. The summed E-state index contributed by atoms with van der Waals surface area (Å²) in [6, 6.07) is 20.6. The first-order valence-corrected chi connectivity index (χ1v) is 8.76. The van der Waals surface area contributed by atoms with Crippen molar-refractivity contribution in [1.29, 1.82) is 0 Å². The second kappa shape index (κ2) is 5.95. The molecule has 0 bridgehead atoms. The number of carbonyl (C=O) groups excluding carboxylic acids is 2. The summed E-state index contributed by atoms with van der Waals surface area (Å²) >= 11 is 0. The number of rotatable bonds is 3. The summed E-state index contributed by atoms with van der Waals surface area (Å²) in [5.41, 5.74) is 2.38. The second-order valence-corrected chi connectivity index (χ2v) is 6.58. The van der Waals surface area contributed by atoms with Crippen LogP contribution >= 0.6 is 0 Å². The third-order valence-electron chi connectivity index (χ3n) is 4.89. The lowest BCUT2D eigenvalue weighted by Gasteiger charge is -2.13. The highest BCUT2D eigenvalue weighted by atomic mass is 16.2. The maximum absolute atomic E-state index is 12.7. The van der Waals surface area contributed by atoms with Crippen LogP contribution in [0, 0.1) is 0 Å². The molecule has 5 rings (SSSR count). The molecule has 132 valence electrons. The van der Waals surface area contributed by atoms with Gasteiger partial charge in [0.15, 0.2) is 0 Å². The number of hydrogen-bond acceptors (Lipinski definition) is 3. The molecule has 0 saturated carbocycles. The van der Waals surface area contributed by atoms with E-state index in [1.165, 1.54) is 0 Å². The topological polar surface area (TPSA) is 76.0 Å². The van der Waals surface area contributed by atoms with E-state index < -0.39 is 6.04 Å². The van der Waals surface area contributed by atoms with Crippen molar-refractivity contribution in [3.63, 3.8) is 0 Å². The van der Waals surface area contributed by atoms with Crippen molar-refractivity contribution in [1.82, 2.24) is 9.55 Å². The Hall–Kier alpha value is -3.67. The fraction of sp³-hybridized carbons (Fsp3) is 0.0952. The van der Waals surface area contributed by atoms with Gasteiger partial charge in [0.2, 0.25) is 17.8 Å². The van der Waals surface area contributed by atoms with Crippen LogP contribution in [0.5, 0.6) is 0 Å². The van der Waals surface area contributed by atoms with E-state index in [-0.39, 0.29) is 18.2 Å². The van der Waals surface area contributed by atoms with Crippen LogP contribution in [0.1, 0.15) is 12.5 Å². The number of para-hydroxylation sites is 2. The summed E-state index contributed by atoms with van der Waals surface area (Å²) in [6.45, 7) is 0. The highest BCUT2D eigenvalue weighted by Crippen LogP contribution is 2.32. The molecular weight excluding hydrogens is 340 g/mol. The molecule has 4 aromatic rings. The molecule has 6 heteroatoms. The van der Waals surface area contributed by atoms with Gasteiger partial charge in [0.25, 0.3) is 0 Å². The van der Waals surface area contributed by atoms with Crippen molar-refractivity contribution in [2.24, 2.45) is 0 Å². The molecule has 2 amide bonds. The van der Waals surface area contributed by atoms with E-state index in [1.54, 1.807) is 4.57 Å². The average molecular weight is 356 g/mol. The van der Waals surface area contributed by atoms with E-state index in [2.05, 4.69) is 15.6 Å². The minimum atomic E-state index is -0.609. The van der Waals surface area contributed by atoms with Crippen LogP contribution in [0.3, 0.4) is 0 Å². The van der Waals surface area contributed by atoms with Gasteiger partial charge in [0, 0.05) is 11.1 Å². The van der Waals surface area contributed by atoms with Gasteiger partial charge in [0.1, 0.15) is 6.04 Å². The van der Waals surface area contributed by atoms with Crippen LogP contribution in [0.15, 0.2) is 66.7 Å². The van der Waals surface area contributed by atoms with Gasteiger partial charge in [-0.3, -0.25) is 19.5 Å². The van der Waals surface area contributed by atoms with E-state index in [9.17, 15) is 9.59 Å². The van der Waals surface area contributed by atoms with Crippen LogP contribution in [0.4, 0.5) is 11.6 Å². The third-order valence-corrected chi connectivity index (χ3v) is 4.89. The molecule has 1 atom stereocenters. The smallest absolute Gasteiger partial charge is 0.250 e. The number of carbonyl (C=O) groups is 2. The van der Waals surface area contributed by atoms with Gasteiger partial charge >= 0.3 is 0 Å². The first-order chi connectivity index (χ1) is 13.2. The number of nitrogens with zero attached hydrogens (tertiary/aromatic N) is 2. The van der Waals surface area contributed by atoms with Gasteiger partial charge < -0.3 is 5.32 Å². The molecule has 27 heavy (non-hydrogen) atoms. The molecule has 3 aromatic carbocycles. The van der Waals surface area contributed by atoms with Crippen molar-refractivity contribution in [2.75, 3.05) is 10.6 Å². The molecule has 1 aromatic heterocycles. The lowest BCUT2D eigenvalue weighted by atomic mass is 10.1. The van der Waals surface area contributed by atoms with E-state index in [0.29, 0.717) is 5.95 Å². The zero-order chi connectivity index (χ0) is 18.4. The lowest BCUT2D eigenvalue weighted by molar-refractivity contribution is -0.123. The van der Waals surface area contributed by atoms with Crippen LogP contribution in [0.2, 0.25) is 0 Å². The number of imidazole rings is 1. The Morgan fingerprint density at radius 1 is 1.04 bits per heavy atom. The van der Waals surface area contributed by atoms with Gasteiger partial charge in [-0.15, -0.1) is 0 Å². The van der Waals surface area contributed by atoms with Gasteiger partial charge in [-0.25, -0.2) is 4.98 Å². The molecule has 0 saturated heterocycles. The van der Waals surface area contributed by atoms with Gasteiger partial charge in [-0.05, 0) is 23.6 Å². The van der Waals surface area contributed by atoms with Gasteiger partial charge in [-0.2, -0.15) is 0 Å². The number of aromatic nitrogens is 2. The minimum absolute atomic E-state index is 0.0441. The Labute approximate surface area is 154 Å². The van der Waals surface area contributed by atoms with Gasteiger partial charge in [0.05, 0.1) is 17.5 Å². The predicted molar refractivity (Wildman–Crippen MR) is 105 cm³/mol. The van der Waals surface area contributed by atoms with Crippen LogP contribution in [-0.4, -0.2) is 21.4 Å². The Bertz CT molecular complexity index is 1210. The van der Waals surface area contributed by atoms with E-state index in [4.69, 9.17) is 0 Å². The standard InChI is InChI=1S/C21H16N4O2/c26-19(22-15-10-5-7-13-6-1-2-8-14(13)15)12-18-20(27)24-21-23-16-9-3-4-11-17(16)25(18)21/h1-11,18H,12H2,(H,22,26)(H,23,24,27)/t18-/m0/s1. The molecule has 0 fully saturated rings. The summed E-state index contributed by atoms with van der Waals surface area (Å²) in [4.78, 5) is 29.5. The summed E-state index contributed by atoms with van der Waals surface area (Å²) < 4.78 is 1.81. The average Bonchev–Trinajstić information content (AvgIpc) is 3.18. The highest BCUT2D eigenvalue weighted by molar-refractivity contribution is 6.06. The number of fused-ring (bicyclic) bond motifs is 4. The Kier molecular flexibility index (Phi) is 3.43. The Morgan fingerprint density at radius 2 is 1.81 bits per heavy atom. The molecule has 1 aliphatic rings. The quantitative estimate of drug-likeness (QED) is 0.587. The summed E-state index contributed by atoms with van der Waals surface area (Å²) in [5.74, 6) is 0.0672. The van der Waals surface area contributed by atoms with Crippen molar-refractivity contribution in [2.45, 2.75) is 12.5 Å². The van der Waals surface area contributed by atoms with Crippen LogP contribution in [-0.2, 0) is 9.59 Å². The summed E-state index contributed by atoms with van der Waals surface area (Å²) in [6.07, 6.45) is 0.0441. The third kappa shape index (κ3) is 2.54. The molecule has 1 aliphatic heterocycles. The zero-order valence-electron chi connectivity index (χ0n) is 14.3. The highest BCUT2D eigenvalue weighted by Gasteiger charge is 2.34. The zero-order valence-corrected chi connectivity index (χ0v) is 14.3. The first-order valence-electron chi connectivity index (χ1n) is 8.76.